The number of nitrogens with zero attached hydrogens (tertiary/aromatic N) is 2. The molecule has 1 unspecified atom stereocenters. The van der Waals surface area contributed by atoms with Crippen LogP contribution in [0.2, 0.25) is 0 Å². The van der Waals surface area contributed by atoms with Gasteiger partial charge in [0.2, 0.25) is 0 Å². The highest BCUT2D eigenvalue weighted by molar-refractivity contribution is 9.10. The van der Waals surface area contributed by atoms with Crippen molar-refractivity contribution in [3.63, 3.8) is 0 Å². The summed E-state index contributed by atoms with van der Waals surface area (Å²) in [7, 11) is 0. The molecule has 2 amide bonds. The van der Waals surface area contributed by atoms with Crippen molar-refractivity contribution in [1.82, 2.24) is 9.88 Å². The van der Waals surface area contributed by atoms with Crippen molar-refractivity contribution in [2.24, 2.45) is 5.92 Å². The highest BCUT2D eigenvalue weighted by atomic mass is 79.9. The molecule has 1 aromatic rings. The van der Waals surface area contributed by atoms with Crippen molar-refractivity contribution in [3.05, 3.63) is 22.9 Å². The SMILES string of the molecule is O=C(O)C1CCCN(C(=O)Nc2ccncc2Br)C1. The molecule has 19 heavy (non-hydrogen) atoms. The Bertz CT molecular complexity index is 495. The van der Waals surface area contributed by atoms with E-state index < -0.39 is 11.9 Å². The number of aliphatic carboxylic acids is 1. The van der Waals surface area contributed by atoms with Crippen LogP contribution in [0.5, 0.6) is 0 Å². The zero-order valence-electron chi connectivity index (χ0n) is 10.2. The number of carbonyl (C=O) groups excluding carboxylic acids is 1. The predicted octanol–water partition coefficient (Wildman–Crippen LogP) is 2.17. The molecule has 2 rings (SSSR count). The maximum absolute atomic E-state index is 12.1. The van der Waals surface area contributed by atoms with Crippen molar-refractivity contribution >= 4 is 33.6 Å². The maximum atomic E-state index is 12.1. The van der Waals surface area contributed by atoms with Crippen LogP contribution in [-0.2, 0) is 4.79 Å². The van der Waals surface area contributed by atoms with Gasteiger partial charge in [-0.05, 0) is 34.8 Å². The number of amides is 2. The Morgan fingerprint density at radius 1 is 1.53 bits per heavy atom. The summed E-state index contributed by atoms with van der Waals surface area (Å²) in [4.78, 5) is 28.5. The van der Waals surface area contributed by atoms with Gasteiger partial charge in [0, 0.05) is 25.5 Å². The smallest absolute Gasteiger partial charge is 0.321 e. The van der Waals surface area contributed by atoms with E-state index in [1.807, 2.05) is 0 Å². The molecule has 0 saturated carbocycles. The van der Waals surface area contributed by atoms with Crippen LogP contribution in [-0.4, -0.2) is 40.1 Å². The molecule has 1 aliphatic rings. The molecule has 0 aliphatic carbocycles. The number of hydrogen-bond donors (Lipinski definition) is 2. The number of anilines is 1. The first-order chi connectivity index (χ1) is 9.08. The first kappa shape index (κ1) is 13.8. The van der Waals surface area contributed by atoms with E-state index >= 15 is 0 Å². The molecule has 1 fully saturated rings. The molecule has 0 radical (unpaired) electrons. The predicted molar refractivity (Wildman–Crippen MR) is 72.9 cm³/mol. The molecule has 0 spiro atoms. The average Bonchev–Trinajstić information content (AvgIpc) is 2.41. The molecule has 0 bridgehead atoms. The zero-order chi connectivity index (χ0) is 13.8. The summed E-state index contributed by atoms with van der Waals surface area (Å²) < 4.78 is 0.690. The van der Waals surface area contributed by atoms with Gasteiger partial charge in [0.25, 0.3) is 0 Å². The van der Waals surface area contributed by atoms with Crippen LogP contribution in [0, 0.1) is 5.92 Å². The summed E-state index contributed by atoms with van der Waals surface area (Å²) in [5.41, 5.74) is 0.623. The van der Waals surface area contributed by atoms with Crippen LogP contribution in [0.1, 0.15) is 12.8 Å². The molecule has 1 atom stereocenters. The number of rotatable bonds is 2. The second kappa shape index (κ2) is 6.01. The topological polar surface area (TPSA) is 82.5 Å². The van der Waals surface area contributed by atoms with Crippen molar-refractivity contribution in [3.8, 4) is 0 Å². The van der Waals surface area contributed by atoms with Crippen LogP contribution >= 0.6 is 15.9 Å². The van der Waals surface area contributed by atoms with E-state index in [-0.39, 0.29) is 12.6 Å². The quantitative estimate of drug-likeness (QED) is 0.872. The van der Waals surface area contributed by atoms with Gasteiger partial charge in [0.15, 0.2) is 0 Å². The van der Waals surface area contributed by atoms with Crippen LogP contribution in [0.4, 0.5) is 10.5 Å². The largest absolute Gasteiger partial charge is 0.481 e. The Morgan fingerprint density at radius 3 is 3.00 bits per heavy atom. The van der Waals surface area contributed by atoms with Gasteiger partial charge in [-0.15, -0.1) is 0 Å². The van der Waals surface area contributed by atoms with Crippen molar-refractivity contribution in [1.29, 1.82) is 0 Å². The number of pyridine rings is 1. The standard InChI is InChI=1S/C12H14BrN3O3/c13-9-6-14-4-3-10(9)15-12(19)16-5-1-2-8(7-16)11(17)18/h3-4,6,8H,1-2,5,7H2,(H,17,18)(H,14,15,19). The fourth-order valence-corrected chi connectivity index (χ4v) is 2.38. The number of hydrogen-bond acceptors (Lipinski definition) is 3. The molecule has 1 aromatic heterocycles. The van der Waals surface area contributed by atoms with Crippen LogP contribution in [0.25, 0.3) is 0 Å². The fourth-order valence-electron chi connectivity index (χ4n) is 2.03. The highest BCUT2D eigenvalue weighted by Crippen LogP contribution is 2.22. The molecule has 6 nitrogen and oxygen atoms in total. The lowest BCUT2D eigenvalue weighted by molar-refractivity contribution is -0.143. The maximum Gasteiger partial charge on any atom is 0.321 e. The van der Waals surface area contributed by atoms with Gasteiger partial charge in [-0.3, -0.25) is 9.78 Å². The molecule has 1 aliphatic heterocycles. The summed E-state index contributed by atoms with van der Waals surface area (Å²) in [6.45, 7) is 0.836. The molecule has 2 heterocycles. The van der Waals surface area contributed by atoms with E-state index in [1.165, 1.54) is 4.90 Å². The van der Waals surface area contributed by atoms with Crippen LogP contribution in [0.15, 0.2) is 22.9 Å². The minimum Gasteiger partial charge on any atom is -0.481 e. The second-order valence-corrected chi connectivity index (χ2v) is 5.26. The third kappa shape index (κ3) is 3.44. The fraction of sp³-hybridized carbons (Fsp3) is 0.417. The molecule has 7 heteroatoms. The average molecular weight is 328 g/mol. The molecule has 102 valence electrons. The summed E-state index contributed by atoms with van der Waals surface area (Å²) in [6, 6.07) is 1.40. The van der Waals surface area contributed by atoms with Gasteiger partial charge in [0.1, 0.15) is 0 Å². The normalized spacial score (nSPS) is 19.0. The monoisotopic (exact) mass is 327 g/mol. The van der Waals surface area contributed by atoms with Crippen LogP contribution in [0.3, 0.4) is 0 Å². The van der Waals surface area contributed by atoms with Gasteiger partial charge in [-0.1, -0.05) is 0 Å². The third-order valence-electron chi connectivity index (χ3n) is 3.07. The van der Waals surface area contributed by atoms with Crippen LogP contribution < -0.4 is 5.32 Å². The Labute approximate surface area is 118 Å². The summed E-state index contributed by atoms with van der Waals surface area (Å²) >= 11 is 3.29. The zero-order valence-corrected chi connectivity index (χ0v) is 11.8. The van der Waals surface area contributed by atoms with Gasteiger partial charge in [-0.2, -0.15) is 0 Å². The summed E-state index contributed by atoms with van der Waals surface area (Å²) in [5, 5.41) is 11.7. The molecule has 1 saturated heterocycles. The number of halogens is 1. The van der Waals surface area contributed by atoms with E-state index in [0.29, 0.717) is 29.5 Å². The first-order valence-electron chi connectivity index (χ1n) is 5.96. The lowest BCUT2D eigenvalue weighted by Gasteiger charge is -2.30. The Balaban J connectivity index is 2.00. The first-order valence-corrected chi connectivity index (χ1v) is 6.75. The van der Waals surface area contributed by atoms with E-state index in [1.54, 1.807) is 18.5 Å². The van der Waals surface area contributed by atoms with Crippen molar-refractivity contribution < 1.29 is 14.7 Å². The molecule has 2 N–H and O–H groups in total. The van der Waals surface area contributed by atoms with Gasteiger partial charge in [-0.25, -0.2) is 4.79 Å². The van der Waals surface area contributed by atoms with Crippen molar-refractivity contribution in [2.75, 3.05) is 18.4 Å². The minimum atomic E-state index is -0.845. The van der Waals surface area contributed by atoms with E-state index in [0.717, 1.165) is 0 Å². The number of aromatic nitrogens is 1. The Kier molecular flexibility index (Phi) is 4.36. The highest BCUT2D eigenvalue weighted by Gasteiger charge is 2.28. The van der Waals surface area contributed by atoms with Gasteiger partial charge >= 0.3 is 12.0 Å². The van der Waals surface area contributed by atoms with E-state index in [2.05, 4.69) is 26.2 Å². The van der Waals surface area contributed by atoms with Crippen molar-refractivity contribution in [2.45, 2.75) is 12.8 Å². The Hall–Kier alpha value is -1.63. The minimum absolute atomic E-state index is 0.254. The number of likely N-dealkylation sites (tertiary alicyclic amines) is 1. The number of carboxylic acids is 1. The Morgan fingerprint density at radius 2 is 2.32 bits per heavy atom. The number of urea groups is 1. The molecular formula is C12H14BrN3O3. The van der Waals surface area contributed by atoms with E-state index in [4.69, 9.17) is 5.11 Å². The lowest BCUT2D eigenvalue weighted by atomic mass is 9.99. The lowest BCUT2D eigenvalue weighted by Crippen LogP contribution is -2.44. The van der Waals surface area contributed by atoms with E-state index in [9.17, 15) is 9.59 Å². The number of carbonyl (C=O) groups is 2. The molecule has 0 aromatic carbocycles. The van der Waals surface area contributed by atoms with Gasteiger partial charge in [0.05, 0.1) is 16.1 Å². The molecular weight excluding hydrogens is 314 g/mol. The van der Waals surface area contributed by atoms with Gasteiger partial charge < -0.3 is 15.3 Å². The summed E-state index contributed by atoms with van der Waals surface area (Å²) in [5.74, 6) is -1.32. The third-order valence-corrected chi connectivity index (χ3v) is 3.70. The summed E-state index contributed by atoms with van der Waals surface area (Å²) in [6.07, 6.45) is 4.50. The number of piperidine rings is 1. The second-order valence-electron chi connectivity index (χ2n) is 4.41. The number of nitrogens with one attached hydrogen (secondary N) is 1. The number of carboxylic acid groups (broad SMARTS) is 1.